The standard InChI is InChI=1S/C16H17ClFNO2/c1-19-9-12-7-14(17)16(15(8-12)20-2)21-10-11-3-5-13(18)6-4-11/h3-8,19H,9-10H2,1-2H3. The normalized spacial score (nSPS) is 10.5. The minimum absolute atomic E-state index is 0.272. The lowest BCUT2D eigenvalue weighted by Crippen LogP contribution is -2.06. The van der Waals surface area contributed by atoms with Crippen molar-refractivity contribution >= 4 is 11.6 Å². The third-order valence-electron chi connectivity index (χ3n) is 2.97. The molecule has 0 aliphatic carbocycles. The minimum Gasteiger partial charge on any atom is -0.493 e. The molecule has 0 radical (unpaired) electrons. The molecule has 0 aromatic heterocycles. The molecular formula is C16H17ClFNO2. The van der Waals surface area contributed by atoms with Gasteiger partial charge in [-0.3, -0.25) is 0 Å². The molecule has 1 N–H and O–H groups in total. The molecule has 0 aliphatic rings. The Hall–Kier alpha value is -1.78. The average molecular weight is 310 g/mol. The summed E-state index contributed by atoms with van der Waals surface area (Å²) >= 11 is 6.25. The molecule has 0 heterocycles. The van der Waals surface area contributed by atoms with Crippen molar-refractivity contribution < 1.29 is 13.9 Å². The fourth-order valence-electron chi connectivity index (χ4n) is 1.96. The zero-order valence-electron chi connectivity index (χ0n) is 12.0. The van der Waals surface area contributed by atoms with E-state index in [1.54, 1.807) is 19.2 Å². The van der Waals surface area contributed by atoms with Crippen molar-refractivity contribution in [2.75, 3.05) is 14.2 Å². The lowest BCUT2D eigenvalue weighted by atomic mass is 10.2. The predicted octanol–water partition coefficient (Wildman–Crippen LogP) is 3.79. The van der Waals surface area contributed by atoms with Crippen molar-refractivity contribution in [3.63, 3.8) is 0 Å². The average Bonchev–Trinajstić information content (AvgIpc) is 2.47. The van der Waals surface area contributed by atoms with Crippen molar-refractivity contribution in [1.82, 2.24) is 5.32 Å². The summed E-state index contributed by atoms with van der Waals surface area (Å²) in [6.07, 6.45) is 0. The maximum absolute atomic E-state index is 12.9. The van der Waals surface area contributed by atoms with Gasteiger partial charge in [0.2, 0.25) is 0 Å². The smallest absolute Gasteiger partial charge is 0.180 e. The van der Waals surface area contributed by atoms with Crippen LogP contribution in [-0.2, 0) is 13.2 Å². The van der Waals surface area contributed by atoms with Crippen molar-refractivity contribution in [3.05, 3.63) is 58.4 Å². The molecule has 0 fully saturated rings. The Morgan fingerprint density at radius 2 is 1.86 bits per heavy atom. The van der Waals surface area contributed by atoms with Crippen LogP contribution >= 0.6 is 11.6 Å². The molecule has 2 aromatic rings. The van der Waals surface area contributed by atoms with E-state index in [-0.39, 0.29) is 5.82 Å². The Labute approximate surface area is 128 Å². The molecule has 0 saturated heterocycles. The Morgan fingerprint density at radius 1 is 1.14 bits per heavy atom. The molecule has 2 rings (SSSR count). The monoisotopic (exact) mass is 309 g/mol. The first-order valence-electron chi connectivity index (χ1n) is 6.52. The van der Waals surface area contributed by atoms with Crippen LogP contribution in [0.1, 0.15) is 11.1 Å². The maximum Gasteiger partial charge on any atom is 0.180 e. The van der Waals surface area contributed by atoms with Gasteiger partial charge in [-0.25, -0.2) is 4.39 Å². The third kappa shape index (κ3) is 4.09. The first kappa shape index (κ1) is 15.6. The first-order valence-corrected chi connectivity index (χ1v) is 6.90. The highest BCUT2D eigenvalue weighted by Crippen LogP contribution is 2.36. The summed E-state index contributed by atoms with van der Waals surface area (Å²) in [6.45, 7) is 0.982. The Kier molecular flexibility index (Phi) is 5.42. The molecule has 3 nitrogen and oxygen atoms in total. The Bertz CT molecular complexity index is 602. The van der Waals surface area contributed by atoms with Gasteiger partial charge in [0.05, 0.1) is 12.1 Å². The molecule has 112 valence electrons. The molecule has 0 saturated carbocycles. The van der Waals surface area contributed by atoms with Crippen LogP contribution < -0.4 is 14.8 Å². The summed E-state index contributed by atoms with van der Waals surface area (Å²) in [6, 6.07) is 9.85. The lowest BCUT2D eigenvalue weighted by Gasteiger charge is -2.14. The molecule has 0 bridgehead atoms. The molecule has 5 heteroatoms. The maximum atomic E-state index is 12.9. The van der Waals surface area contributed by atoms with Gasteiger partial charge < -0.3 is 14.8 Å². The number of ether oxygens (including phenoxy) is 2. The van der Waals surface area contributed by atoms with E-state index in [1.807, 2.05) is 19.2 Å². The van der Waals surface area contributed by atoms with Crippen molar-refractivity contribution in [1.29, 1.82) is 0 Å². The summed E-state index contributed by atoms with van der Waals surface area (Å²) < 4.78 is 23.9. The molecule has 0 aliphatic heterocycles. The highest BCUT2D eigenvalue weighted by molar-refractivity contribution is 6.32. The van der Waals surface area contributed by atoms with Gasteiger partial charge >= 0.3 is 0 Å². The molecule has 0 amide bonds. The van der Waals surface area contributed by atoms with Crippen LogP contribution in [0.3, 0.4) is 0 Å². The molecule has 0 atom stereocenters. The van der Waals surface area contributed by atoms with Gasteiger partial charge in [0.1, 0.15) is 12.4 Å². The third-order valence-corrected chi connectivity index (χ3v) is 3.25. The van der Waals surface area contributed by atoms with Gasteiger partial charge in [-0.15, -0.1) is 0 Å². The summed E-state index contributed by atoms with van der Waals surface area (Å²) in [7, 11) is 3.43. The number of halogens is 2. The van der Waals surface area contributed by atoms with E-state index in [4.69, 9.17) is 21.1 Å². The largest absolute Gasteiger partial charge is 0.493 e. The number of methoxy groups -OCH3 is 1. The van der Waals surface area contributed by atoms with E-state index >= 15 is 0 Å². The minimum atomic E-state index is -0.272. The summed E-state index contributed by atoms with van der Waals surface area (Å²) in [5.41, 5.74) is 1.86. The summed E-state index contributed by atoms with van der Waals surface area (Å²) in [4.78, 5) is 0. The van der Waals surface area contributed by atoms with Crippen LogP contribution in [0.2, 0.25) is 5.02 Å². The van der Waals surface area contributed by atoms with Gasteiger partial charge in [0.25, 0.3) is 0 Å². The van der Waals surface area contributed by atoms with Crippen LogP contribution in [-0.4, -0.2) is 14.2 Å². The number of rotatable bonds is 6. The molecule has 0 unspecified atom stereocenters. The molecule has 0 spiro atoms. The number of nitrogens with one attached hydrogen (secondary N) is 1. The summed E-state index contributed by atoms with van der Waals surface area (Å²) in [5.74, 6) is 0.795. The number of hydrogen-bond donors (Lipinski definition) is 1. The number of hydrogen-bond acceptors (Lipinski definition) is 3. The molecule has 2 aromatic carbocycles. The van der Waals surface area contributed by atoms with E-state index in [1.165, 1.54) is 12.1 Å². The van der Waals surface area contributed by atoms with E-state index in [0.29, 0.717) is 29.7 Å². The highest BCUT2D eigenvalue weighted by atomic mass is 35.5. The predicted molar refractivity (Wildman–Crippen MR) is 81.5 cm³/mol. The Balaban J connectivity index is 2.16. The topological polar surface area (TPSA) is 30.5 Å². The van der Waals surface area contributed by atoms with Crippen molar-refractivity contribution in [2.45, 2.75) is 13.2 Å². The highest BCUT2D eigenvalue weighted by Gasteiger charge is 2.12. The SMILES string of the molecule is CNCc1cc(Cl)c(OCc2ccc(F)cc2)c(OC)c1. The second-order valence-electron chi connectivity index (χ2n) is 4.55. The van der Waals surface area contributed by atoms with E-state index in [9.17, 15) is 4.39 Å². The quantitative estimate of drug-likeness (QED) is 0.880. The fourth-order valence-corrected chi connectivity index (χ4v) is 2.24. The van der Waals surface area contributed by atoms with Crippen LogP contribution in [0.4, 0.5) is 4.39 Å². The van der Waals surface area contributed by atoms with Crippen LogP contribution in [0, 0.1) is 5.82 Å². The van der Waals surface area contributed by atoms with Crippen molar-refractivity contribution in [3.8, 4) is 11.5 Å². The van der Waals surface area contributed by atoms with E-state index in [0.717, 1.165) is 11.1 Å². The Morgan fingerprint density at radius 3 is 2.48 bits per heavy atom. The zero-order valence-corrected chi connectivity index (χ0v) is 12.7. The van der Waals surface area contributed by atoms with E-state index < -0.39 is 0 Å². The van der Waals surface area contributed by atoms with Crippen LogP contribution in [0.25, 0.3) is 0 Å². The second kappa shape index (κ2) is 7.29. The zero-order chi connectivity index (χ0) is 15.2. The first-order chi connectivity index (χ1) is 10.1. The number of benzene rings is 2. The van der Waals surface area contributed by atoms with Gasteiger partial charge in [0.15, 0.2) is 11.5 Å². The van der Waals surface area contributed by atoms with E-state index in [2.05, 4.69) is 5.32 Å². The lowest BCUT2D eigenvalue weighted by molar-refractivity contribution is 0.284. The van der Waals surface area contributed by atoms with Crippen LogP contribution in [0.15, 0.2) is 36.4 Å². The van der Waals surface area contributed by atoms with Gasteiger partial charge in [-0.05, 0) is 42.4 Å². The molecule has 21 heavy (non-hydrogen) atoms. The second-order valence-corrected chi connectivity index (χ2v) is 4.96. The fraction of sp³-hybridized carbons (Fsp3) is 0.250. The summed E-state index contributed by atoms with van der Waals surface area (Å²) in [5, 5.41) is 3.54. The van der Waals surface area contributed by atoms with Crippen molar-refractivity contribution in [2.24, 2.45) is 0 Å². The van der Waals surface area contributed by atoms with Gasteiger partial charge in [-0.1, -0.05) is 23.7 Å². The molecular weight excluding hydrogens is 293 g/mol. The van der Waals surface area contributed by atoms with Gasteiger partial charge in [0, 0.05) is 6.54 Å². The van der Waals surface area contributed by atoms with Gasteiger partial charge in [-0.2, -0.15) is 0 Å². The van der Waals surface area contributed by atoms with Crippen LogP contribution in [0.5, 0.6) is 11.5 Å².